The molecule has 2 heterocycles. The molecular formula is C52H30O2. The molecule has 0 N–H and O–H groups in total. The van der Waals surface area contributed by atoms with Crippen molar-refractivity contribution in [3.05, 3.63) is 182 Å². The summed E-state index contributed by atoms with van der Waals surface area (Å²) >= 11 is 0. The molecule has 12 rings (SSSR count). The Bertz CT molecular complexity index is 3430. The highest BCUT2D eigenvalue weighted by atomic mass is 16.3. The van der Waals surface area contributed by atoms with Gasteiger partial charge in [0.15, 0.2) is 0 Å². The second-order valence-electron chi connectivity index (χ2n) is 14.4. The van der Waals surface area contributed by atoms with Crippen LogP contribution in [0.15, 0.2) is 191 Å². The Morgan fingerprint density at radius 2 is 0.778 bits per heavy atom. The van der Waals surface area contributed by atoms with E-state index in [1.807, 2.05) is 12.1 Å². The smallest absolute Gasteiger partial charge is 0.136 e. The van der Waals surface area contributed by atoms with Crippen molar-refractivity contribution in [2.24, 2.45) is 0 Å². The number of hydrogen-bond acceptors (Lipinski definition) is 2. The van der Waals surface area contributed by atoms with Gasteiger partial charge in [0.05, 0.1) is 0 Å². The second kappa shape index (κ2) is 11.2. The van der Waals surface area contributed by atoms with Crippen molar-refractivity contribution in [2.45, 2.75) is 0 Å². The van der Waals surface area contributed by atoms with E-state index in [-0.39, 0.29) is 0 Å². The summed E-state index contributed by atoms with van der Waals surface area (Å²) in [7, 11) is 0. The molecule has 2 heteroatoms. The summed E-state index contributed by atoms with van der Waals surface area (Å²) in [4.78, 5) is 0. The molecular weight excluding hydrogens is 657 g/mol. The Labute approximate surface area is 310 Å². The molecule has 0 spiro atoms. The summed E-state index contributed by atoms with van der Waals surface area (Å²) in [5, 5.41) is 14.3. The van der Waals surface area contributed by atoms with E-state index in [2.05, 4.69) is 170 Å². The van der Waals surface area contributed by atoms with E-state index in [1.165, 1.54) is 60.0 Å². The number of fused-ring (bicyclic) bond motifs is 11. The molecule has 0 unspecified atom stereocenters. The number of hydrogen-bond donors (Lipinski definition) is 0. The number of furan rings is 2. The first kappa shape index (κ1) is 29.4. The van der Waals surface area contributed by atoms with Crippen LogP contribution in [0.5, 0.6) is 0 Å². The monoisotopic (exact) mass is 686 g/mol. The Morgan fingerprint density at radius 1 is 0.241 bits per heavy atom. The first-order valence-electron chi connectivity index (χ1n) is 18.5. The topological polar surface area (TPSA) is 26.3 Å². The van der Waals surface area contributed by atoms with Gasteiger partial charge in [-0.05, 0) is 125 Å². The van der Waals surface area contributed by atoms with Gasteiger partial charge < -0.3 is 8.83 Å². The van der Waals surface area contributed by atoms with Crippen molar-refractivity contribution in [2.75, 3.05) is 0 Å². The van der Waals surface area contributed by atoms with E-state index in [0.29, 0.717) is 0 Å². The molecule has 0 aliphatic heterocycles. The maximum atomic E-state index is 6.52. The zero-order valence-corrected chi connectivity index (χ0v) is 29.1. The highest BCUT2D eigenvalue weighted by molar-refractivity contribution is 6.23. The molecule has 0 radical (unpaired) electrons. The fourth-order valence-corrected chi connectivity index (χ4v) is 8.93. The van der Waals surface area contributed by atoms with E-state index in [4.69, 9.17) is 8.83 Å². The molecule has 54 heavy (non-hydrogen) atoms. The highest BCUT2D eigenvalue weighted by Crippen LogP contribution is 2.45. The summed E-state index contributed by atoms with van der Waals surface area (Å²) in [6.45, 7) is 0. The standard InChI is InChI=1S/C52H30O2/c1-2-10-31(11-3-1)50-39-13-4-6-15-41(39)51(42-16-7-5-14-40(42)50)37-21-20-32-26-33(18-19-34(32)27-37)35-22-24-43-48(29-35)54-47-25-23-36-28-45-38-12-8-9-17-46(38)53-49(45)30-44(36)52(43)47/h1-30H. The third kappa shape index (κ3) is 4.28. The largest absolute Gasteiger partial charge is 0.456 e. The lowest BCUT2D eigenvalue weighted by atomic mass is 9.85. The molecule has 0 saturated carbocycles. The minimum absolute atomic E-state index is 0.882. The van der Waals surface area contributed by atoms with Crippen molar-refractivity contribution in [1.82, 2.24) is 0 Å². The lowest BCUT2D eigenvalue weighted by Crippen LogP contribution is -1.90. The van der Waals surface area contributed by atoms with Crippen LogP contribution in [0.1, 0.15) is 0 Å². The first-order chi connectivity index (χ1) is 26.7. The number of para-hydroxylation sites is 1. The van der Waals surface area contributed by atoms with Gasteiger partial charge in [0.2, 0.25) is 0 Å². The van der Waals surface area contributed by atoms with E-state index in [1.54, 1.807) is 0 Å². The predicted molar refractivity (Wildman–Crippen MR) is 227 cm³/mol. The normalized spacial score (nSPS) is 12.1. The third-order valence-electron chi connectivity index (χ3n) is 11.4. The van der Waals surface area contributed by atoms with Crippen LogP contribution < -0.4 is 0 Å². The van der Waals surface area contributed by atoms with Gasteiger partial charge >= 0.3 is 0 Å². The van der Waals surface area contributed by atoms with Gasteiger partial charge in [-0.1, -0.05) is 133 Å². The van der Waals surface area contributed by atoms with Crippen LogP contribution in [-0.2, 0) is 0 Å². The van der Waals surface area contributed by atoms with Crippen molar-refractivity contribution >= 4 is 87.0 Å². The Morgan fingerprint density at radius 3 is 1.52 bits per heavy atom. The van der Waals surface area contributed by atoms with Crippen LogP contribution in [0.2, 0.25) is 0 Å². The second-order valence-corrected chi connectivity index (χ2v) is 14.4. The summed E-state index contributed by atoms with van der Waals surface area (Å²) in [5.74, 6) is 0. The van der Waals surface area contributed by atoms with Gasteiger partial charge in [-0.3, -0.25) is 0 Å². The number of rotatable bonds is 3. The van der Waals surface area contributed by atoms with E-state index >= 15 is 0 Å². The molecule has 0 fully saturated rings. The lowest BCUT2D eigenvalue weighted by Gasteiger charge is -2.18. The maximum absolute atomic E-state index is 6.52. The summed E-state index contributed by atoms with van der Waals surface area (Å²) in [6.07, 6.45) is 0. The van der Waals surface area contributed by atoms with Crippen molar-refractivity contribution in [3.8, 4) is 33.4 Å². The zero-order valence-electron chi connectivity index (χ0n) is 29.1. The van der Waals surface area contributed by atoms with Gasteiger partial charge in [0.1, 0.15) is 22.3 Å². The van der Waals surface area contributed by atoms with Gasteiger partial charge in [-0.25, -0.2) is 0 Å². The molecule has 0 aliphatic carbocycles. The molecule has 0 amide bonds. The maximum Gasteiger partial charge on any atom is 0.136 e. The Hall–Kier alpha value is -7.16. The summed E-state index contributed by atoms with van der Waals surface area (Å²) < 4.78 is 12.8. The highest BCUT2D eigenvalue weighted by Gasteiger charge is 2.18. The molecule has 12 aromatic rings. The van der Waals surface area contributed by atoms with E-state index < -0.39 is 0 Å². The van der Waals surface area contributed by atoms with Crippen LogP contribution in [0.3, 0.4) is 0 Å². The molecule has 2 aromatic heterocycles. The van der Waals surface area contributed by atoms with Gasteiger partial charge in [-0.2, -0.15) is 0 Å². The Kier molecular flexibility index (Phi) is 6.09. The average molecular weight is 687 g/mol. The number of benzene rings is 10. The van der Waals surface area contributed by atoms with Crippen molar-refractivity contribution < 1.29 is 8.83 Å². The predicted octanol–water partition coefficient (Wildman–Crippen LogP) is 15.1. The molecule has 250 valence electrons. The minimum Gasteiger partial charge on any atom is -0.456 e. The van der Waals surface area contributed by atoms with Crippen LogP contribution >= 0.6 is 0 Å². The fraction of sp³-hybridized carbons (Fsp3) is 0. The van der Waals surface area contributed by atoms with Gasteiger partial charge in [-0.15, -0.1) is 0 Å². The van der Waals surface area contributed by atoms with Crippen LogP contribution in [0, 0.1) is 0 Å². The van der Waals surface area contributed by atoms with Crippen LogP contribution in [-0.4, -0.2) is 0 Å². The summed E-state index contributed by atoms with van der Waals surface area (Å²) in [6, 6.07) is 65.7. The van der Waals surface area contributed by atoms with Crippen LogP contribution in [0.4, 0.5) is 0 Å². The molecule has 0 aliphatic rings. The average Bonchev–Trinajstić information content (AvgIpc) is 3.79. The van der Waals surface area contributed by atoms with Crippen molar-refractivity contribution in [1.29, 1.82) is 0 Å². The molecule has 2 nitrogen and oxygen atoms in total. The molecule has 0 saturated heterocycles. The molecule has 0 bridgehead atoms. The van der Waals surface area contributed by atoms with E-state index in [0.717, 1.165) is 60.4 Å². The lowest BCUT2D eigenvalue weighted by molar-refractivity contribution is 0.669. The first-order valence-corrected chi connectivity index (χ1v) is 18.5. The zero-order chi connectivity index (χ0) is 35.3. The molecule has 10 aromatic carbocycles. The summed E-state index contributed by atoms with van der Waals surface area (Å²) in [5.41, 5.74) is 10.9. The fourth-order valence-electron chi connectivity index (χ4n) is 8.93. The van der Waals surface area contributed by atoms with E-state index in [9.17, 15) is 0 Å². The quantitative estimate of drug-likeness (QED) is 0.173. The van der Waals surface area contributed by atoms with Gasteiger partial charge in [0, 0.05) is 21.5 Å². The van der Waals surface area contributed by atoms with Crippen molar-refractivity contribution in [3.63, 3.8) is 0 Å². The van der Waals surface area contributed by atoms with Gasteiger partial charge in [0.25, 0.3) is 0 Å². The third-order valence-corrected chi connectivity index (χ3v) is 11.4. The minimum atomic E-state index is 0.882. The SMILES string of the molecule is c1ccc(-c2c3ccccc3c(-c3ccc4cc(-c5ccc6c(c5)oc5ccc7cc8c(cc7c56)oc5ccccc58)ccc4c3)c3ccccc23)cc1. The van der Waals surface area contributed by atoms with Crippen LogP contribution in [0.25, 0.3) is 120 Å². The Balaban J connectivity index is 0.971. The molecule has 0 atom stereocenters.